The van der Waals surface area contributed by atoms with E-state index in [0.717, 1.165) is 29.9 Å². The number of ether oxygens (including phenoxy) is 2. The van der Waals surface area contributed by atoms with E-state index in [-0.39, 0.29) is 17.6 Å². The molecule has 0 spiro atoms. The molecule has 0 saturated carbocycles. The highest BCUT2D eigenvalue weighted by Gasteiger charge is 2.19. The van der Waals surface area contributed by atoms with Crippen molar-refractivity contribution in [1.82, 2.24) is 5.32 Å². The third-order valence-electron chi connectivity index (χ3n) is 4.82. The van der Waals surface area contributed by atoms with E-state index in [0.29, 0.717) is 30.0 Å². The molecule has 2 N–H and O–H groups in total. The average molecular weight is 442 g/mol. The highest BCUT2D eigenvalue weighted by atomic mass is 32.1. The smallest absolute Gasteiger partial charge is 0.338 e. The van der Waals surface area contributed by atoms with Gasteiger partial charge in [0.15, 0.2) is 5.11 Å². The molecule has 1 aliphatic rings. The van der Waals surface area contributed by atoms with Gasteiger partial charge in [-0.2, -0.15) is 0 Å². The molecule has 0 atom stereocenters. The number of morpholine rings is 1. The number of nitrogens with zero attached hydrogens (tertiary/aromatic N) is 1. The van der Waals surface area contributed by atoms with Crippen LogP contribution < -0.4 is 15.5 Å². The Labute approximate surface area is 187 Å². The molecule has 1 heterocycles. The van der Waals surface area contributed by atoms with Gasteiger partial charge in [-0.05, 0) is 63.3 Å². The monoisotopic (exact) mass is 441 g/mol. The third kappa shape index (κ3) is 6.02. The number of amides is 1. The van der Waals surface area contributed by atoms with Crippen LogP contribution in [0.1, 0.15) is 38.8 Å². The van der Waals surface area contributed by atoms with Crippen molar-refractivity contribution in [3.05, 3.63) is 58.7 Å². The summed E-state index contributed by atoms with van der Waals surface area (Å²) in [6.45, 7) is 8.60. The Balaban J connectivity index is 1.81. The first kappa shape index (κ1) is 22.7. The summed E-state index contributed by atoms with van der Waals surface area (Å²) in [5.41, 5.74) is 4.44. The molecule has 0 aromatic heterocycles. The molecule has 2 aromatic carbocycles. The highest BCUT2D eigenvalue weighted by molar-refractivity contribution is 7.80. The topological polar surface area (TPSA) is 79.9 Å². The van der Waals surface area contributed by atoms with Gasteiger partial charge in [-0.25, -0.2) is 4.79 Å². The van der Waals surface area contributed by atoms with E-state index in [1.165, 1.54) is 0 Å². The molecule has 164 valence electrons. The van der Waals surface area contributed by atoms with Gasteiger partial charge in [0.05, 0.1) is 36.8 Å². The predicted molar refractivity (Wildman–Crippen MR) is 125 cm³/mol. The van der Waals surface area contributed by atoms with Gasteiger partial charge >= 0.3 is 5.97 Å². The molecule has 2 aromatic rings. The number of anilines is 2. The van der Waals surface area contributed by atoms with Crippen LogP contribution in [0.2, 0.25) is 0 Å². The Kier molecular flexibility index (Phi) is 7.59. The van der Waals surface area contributed by atoms with Gasteiger partial charge in [0.2, 0.25) is 0 Å². The van der Waals surface area contributed by atoms with Crippen LogP contribution in [-0.2, 0) is 9.47 Å². The van der Waals surface area contributed by atoms with Crippen LogP contribution in [-0.4, -0.2) is 49.9 Å². The minimum atomic E-state index is -0.413. The second-order valence-corrected chi connectivity index (χ2v) is 7.74. The van der Waals surface area contributed by atoms with Crippen molar-refractivity contribution < 1.29 is 19.1 Å². The fraction of sp³-hybridized carbons (Fsp3) is 0.348. The van der Waals surface area contributed by atoms with E-state index in [2.05, 4.69) is 15.5 Å². The lowest BCUT2D eigenvalue weighted by molar-refractivity contribution is 0.0526. The molecule has 1 saturated heterocycles. The van der Waals surface area contributed by atoms with Gasteiger partial charge in [0.25, 0.3) is 5.91 Å². The van der Waals surface area contributed by atoms with Gasteiger partial charge in [-0.15, -0.1) is 0 Å². The van der Waals surface area contributed by atoms with Crippen molar-refractivity contribution >= 4 is 40.6 Å². The SMILES string of the molecule is CCOC(=O)c1ccc(N2CCOCC2)c(NC(=S)NC(=O)c2cc(C)cc(C)c2)c1. The zero-order chi connectivity index (χ0) is 22.4. The average Bonchev–Trinajstić information content (AvgIpc) is 2.73. The third-order valence-corrected chi connectivity index (χ3v) is 5.02. The fourth-order valence-electron chi connectivity index (χ4n) is 3.49. The number of esters is 1. The van der Waals surface area contributed by atoms with E-state index >= 15 is 0 Å². The lowest BCUT2D eigenvalue weighted by Gasteiger charge is -2.31. The zero-order valence-corrected chi connectivity index (χ0v) is 18.8. The van der Waals surface area contributed by atoms with Crippen LogP contribution in [0.5, 0.6) is 0 Å². The first-order chi connectivity index (χ1) is 14.9. The number of rotatable bonds is 5. The largest absolute Gasteiger partial charge is 0.462 e. The number of aryl methyl sites for hydroxylation is 2. The molecule has 8 heteroatoms. The van der Waals surface area contributed by atoms with Crippen molar-refractivity contribution in [2.45, 2.75) is 20.8 Å². The molecule has 7 nitrogen and oxygen atoms in total. The van der Waals surface area contributed by atoms with Crippen molar-refractivity contribution in [1.29, 1.82) is 0 Å². The normalized spacial score (nSPS) is 13.5. The molecular weight excluding hydrogens is 414 g/mol. The summed E-state index contributed by atoms with van der Waals surface area (Å²) in [6, 6.07) is 10.9. The van der Waals surface area contributed by atoms with Gasteiger partial charge in [-0.1, -0.05) is 17.2 Å². The zero-order valence-electron chi connectivity index (χ0n) is 18.0. The van der Waals surface area contributed by atoms with Crippen molar-refractivity contribution in [3.8, 4) is 0 Å². The van der Waals surface area contributed by atoms with E-state index < -0.39 is 5.97 Å². The van der Waals surface area contributed by atoms with Gasteiger partial charge in [0.1, 0.15) is 0 Å². The Morgan fingerprint density at radius 2 is 1.74 bits per heavy atom. The van der Waals surface area contributed by atoms with Crippen molar-refractivity contribution in [2.24, 2.45) is 0 Å². The highest BCUT2D eigenvalue weighted by Crippen LogP contribution is 2.28. The van der Waals surface area contributed by atoms with Crippen molar-refractivity contribution in [2.75, 3.05) is 43.1 Å². The number of hydrogen-bond acceptors (Lipinski definition) is 6. The van der Waals surface area contributed by atoms with Crippen LogP contribution >= 0.6 is 12.2 Å². The number of nitrogens with one attached hydrogen (secondary N) is 2. The maximum Gasteiger partial charge on any atom is 0.338 e. The van der Waals surface area contributed by atoms with Crippen LogP contribution in [0.3, 0.4) is 0 Å². The molecule has 3 rings (SSSR count). The molecule has 0 bridgehead atoms. The number of hydrogen-bond donors (Lipinski definition) is 2. The van der Waals surface area contributed by atoms with Crippen LogP contribution in [0.4, 0.5) is 11.4 Å². The predicted octanol–water partition coefficient (Wildman–Crippen LogP) is 3.44. The summed E-state index contributed by atoms with van der Waals surface area (Å²) in [5.74, 6) is -0.706. The van der Waals surface area contributed by atoms with Gasteiger partial charge < -0.3 is 19.7 Å². The lowest BCUT2D eigenvalue weighted by Crippen LogP contribution is -2.38. The van der Waals surface area contributed by atoms with Crippen LogP contribution in [0.25, 0.3) is 0 Å². The molecular formula is C23H27N3O4S. The Hall–Kier alpha value is -2.97. The molecule has 0 radical (unpaired) electrons. The van der Waals surface area contributed by atoms with E-state index in [1.54, 1.807) is 19.1 Å². The molecule has 31 heavy (non-hydrogen) atoms. The fourth-order valence-corrected chi connectivity index (χ4v) is 3.69. The van der Waals surface area contributed by atoms with Crippen LogP contribution in [0.15, 0.2) is 36.4 Å². The summed E-state index contributed by atoms with van der Waals surface area (Å²) in [6.07, 6.45) is 0. The molecule has 0 aliphatic carbocycles. The van der Waals surface area contributed by atoms with Crippen molar-refractivity contribution in [3.63, 3.8) is 0 Å². The summed E-state index contributed by atoms with van der Waals surface area (Å²) < 4.78 is 10.6. The minimum Gasteiger partial charge on any atom is -0.462 e. The molecule has 1 fully saturated rings. The lowest BCUT2D eigenvalue weighted by atomic mass is 10.1. The Bertz CT molecular complexity index is 967. The summed E-state index contributed by atoms with van der Waals surface area (Å²) in [7, 11) is 0. The number of carbonyl (C=O) groups is 2. The molecule has 1 amide bonds. The van der Waals surface area contributed by atoms with E-state index in [1.807, 2.05) is 38.1 Å². The second kappa shape index (κ2) is 10.4. The number of benzene rings is 2. The summed E-state index contributed by atoms with van der Waals surface area (Å²) in [5, 5.41) is 5.96. The maximum atomic E-state index is 12.7. The minimum absolute atomic E-state index is 0.152. The van der Waals surface area contributed by atoms with E-state index in [9.17, 15) is 9.59 Å². The Morgan fingerprint density at radius 1 is 1.06 bits per heavy atom. The second-order valence-electron chi connectivity index (χ2n) is 7.34. The maximum absolute atomic E-state index is 12.7. The van der Waals surface area contributed by atoms with E-state index in [4.69, 9.17) is 21.7 Å². The number of thiocarbonyl (C=S) groups is 1. The van der Waals surface area contributed by atoms with Gasteiger partial charge in [-0.3, -0.25) is 10.1 Å². The Morgan fingerprint density at radius 3 is 2.39 bits per heavy atom. The molecule has 1 aliphatic heterocycles. The number of carbonyl (C=O) groups excluding carboxylic acids is 2. The van der Waals surface area contributed by atoms with Gasteiger partial charge in [0, 0.05) is 18.7 Å². The summed E-state index contributed by atoms with van der Waals surface area (Å²) >= 11 is 5.40. The first-order valence-corrected chi connectivity index (χ1v) is 10.6. The first-order valence-electron chi connectivity index (χ1n) is 10.2. The quantitative estimate of drug-likeness (QED) is 0.543. The standard InChI is InChI=1S/C23H27N3O4S/c1-4-30-22(28)17-5-6-20(26-7-9-29-10-8-26)19(14-17)24-23(31)25-21(27)18-12-15(2)11-16(3)13-18/h5-6,11-14H,4,7-10H2,1-3H3,(H2,24,25,27,31). The van der Waals surface area contributed by atoms with Crippen LogP contribution in [0, 0.1) is 13.8 Å². The summed E-state index contributed by atoms with van der Waals surface area (Å²) in [4.78, 5) is 27.0. The molecule has 0 unspecified atom stereocenters.